The summed E-state index contributed by atoms with van der Waals surface area (Å²) < 4.78 is 0. The van der Waals surface area contributed by atoms with Crippen molar-refractivity contribution in [1.82, 2.24) is 4.98 Å². The molecule has 14 heavy (non-hydrogen) atoms. The van der Waals surface area contributed by atoms with E-state index in [-0.39, 0.29) is 5.75 Å². The van der Waals surface area contributed by atoms with Gasteiger partial charge in [0, 0.05) is 11.6 Å². The van der Waals surface area contributed by atoms with Crippen LogP contribution in [0, 0.1) is 0 Å². The maximum absolute atomic E-state index is 10.6. The van der Waals surface area contributed by atoms with Crippen molar-refractivity contribution in [1.29, 1.82) is 0 Å². The highest BCUT2D eigenvalue weighted by Gasteiger charge is 2.06. The number of hydrogen-bond acceptors (Lipinski definition) is 3. The lowest BCUT2D eigenvalue weighted by Crippen LogP contribution is -1.87. The SMILES string of the molecule is O=Cc1cnc2ccc(O)cc2c1Cl. The lowest BCUT2D eigenvalue weighted by atomic mass is 10.1. The fraction of sp³-hybridized carbons (Fsp3) is 0. The van der Waals surface area contributed by atoms with Crippen LogP contribution >= 0.6 is 11.6 Å². The number of carbonyl (C=O) groups excluding carboxylic acids is 1. The molecule has 3 nitrogen and oxygen atoms in total. The number of phenols is 1. The third kappa shape index (κ3) is 1.32. The van der Waals surface area contributed by atoms with Crippen molar-refractivity contribution >= 4 is 28.8 Å². The molecule has 0 aliphatic heterocycles. The number of rotatable bonds is 1. The molecule has 70 valence electrons. The maximum Gasteiger partial charge on any atom is 0.153 e. The Bertz CT molecular complexity index is 511. The average molecular weight is 208 g/mol. The van der Waals surface area contributed by atoms with Crippen molar-refractivity contribution in [3.05, 3.63) is 35.0 Å². The van der Waals surface area contributed by atoms with Gasteiger partial charge in [-0.3, -0.25) is 9.78 Å². The lowest BCUT2D eigenvalue weighted by Gasteiger charge is -2.02. The maximum atomic E-state index is 10.6. The molecule has 0 saturated carbocycles. The molecule has 4 heteroatoms. The minimum absolute atomic E-state index is 0.101. The van der Waals surface area contributed by atoms with Gasteiger partial charge >= 0.3 is 0 Å². The van der Waals surface area contributed by atoms with Gasteiger partial charge in [-0.1, -0.05) is 11.6 Å². The largest absolute Gasteiger partial charge is 0.508 e. The quantitative estimate of drug-likeness (QED) is 0.731. The van der Waals surface area contributed by atoms with E-state index in [2.05, 4.69) is 4.98 Å². The van der Waals surface area contributed by atoms with Crippen LogP contribution < -0.4 is 0 Å². The average Bonchev–Trinajstić information content (AvgIpc) is 2.20. The van der Waals surface area contributed by atoms with E-state index in [0.717, 1.165) is 0 Å². The molecule has 0 radical (unpaired) electrons. The Morgan fingerprint density at radius 2 is 2.21 bits per heavy atom. The molecule has 0 aliphatic rings. The minimum Gasteiger partial charge on any atom is -0.508 e. The highest BCUT2D eigenvalue weighted by Crippen LogP contribution is 2.27. The van der Waals surface area contributed by atoms with Crippen LogP contribution in [0.2, 0.25) is 5.02 Å². The first-order valence-electron chi connectivity index (χ1n) is 3.95. The van der Waals surface area contributed by atoms with E-state index >= 15 is 0 Å². The molecule has 0 bridgehead atoms. The van der Waals surface area contributed by atoms with Crippen LogP contribution in [0.4, 0.5) is 0 Å². The van der Waals surface area contributed by atoms with Gasteiger partial charge < -0.3 is 5.11 Å². The molecule has 0 fully saturated rings. The Labute approximate surface area is 85.0 Å². The van der Waals surface area contributed by atoms with Gasteiger partial charge in [-0.15, -0.1) is 0 Å². The molecule has 2 rings (SSSR count). The van der Waals surface area contributed by atoms with Crippen molar-refractivity contribution < 1.29 is 9.90 Å². The summed E-state index contributed by atoms with van der Waals surface area (Å²) in [5.74, 6) is 0.101. The topological polar surface area (TPSA) is 50.2 Å². The summed E-state index contributed by atoms with van der Waals surface area (Å²) in [6.07, 6.45) is 2.05. The number of hydrogen-bond donors (Lipinski definition) is 1. The number of phenolic OH excluding ortho intramolecular Hbond substituents is 1. The van der Waals surface area contributed by atoms with Crippen molar-refractivity contribution in [3.8, 4) is 5.75 Å². The second-order valence-electron chi connectivity index (χ2n) is 2.85. The van der Waals surface area contributed by atoms with Gasteiger partial charge in [-0.2, -0.15) is 0 Å². The highest BCUT2D eigenvalue weighted by atomic mass is 35.5. The number of nitrogens with zero attached hydrogens (tertiary/aromatic N) is 1. The summed E-state index contributed by atoms with van der Waals surface area (Å²) in [7, 11) is 0. The summed E-state index contributed by atoms with van der Waals surface area (Å²) in [5.41, 5.74) is 0.975. The van der Waals surface area contributed by atoms with Crippen LogP contribution in [0.25, 0.3) is 10.9 Å². The molecule has 1 N–H and O–H groups in total. The van der Waals surface area contributed by atoms with Crippen LogP contribution in [-0.2, 0) is 0 Å². The van der Waals surface area contributed by atoms with Gasteiger partial charge in [0.05, 0.1) is 16.1 Å². The minimum atomic E-state index is 0.101. The Morgan fingerprint density at radius 1 is 1.43 bits per heavy atom. The molecule has 2 aromatic rings. The summed E-state index contributed by atoms with van der Waals surface area (Å²) in [6, 6.07) is 4.65. The molecule has 0 amide bonds. The summed E-state index contributed by atoms with van der Waals surface area (Å²) in [4.78, 5) is 14.6. The van der Waals surface area contributed by atoms with Gasteiger partial charge in [0.25, 0.3) is 0 Å². The number of halogens is 1. The van der Waals surface area contributed by atoms with Crippen molar-refractivity contribution in [2.45, 2.75) is 0 Å². The first-order valence-corrected chi connectivity index (χ1v) is 4.32. The van der Waals surface area contributed by atoms with Crippen LogP contribution in [0.15, 0.2) is 24.4 Å². The Balaban J connectivity index is 2.86. The Morgan fingerprint density at radius 3 is 2.93 bits per heavy atom. The number of benzene rings is 1. The van der Waals surface area contributed by atoms with Gasteiger partial charge in [0.15, 0.2) is 6.29 Å². The third-order valence-electron chi connectivity index (χ3n) is 1.94. The van der Waals surface area contributed by atoms with E-state index < -0.39 is 0 Å². The zero-order valence-corrected chi connectivity index (χ0v) is 7.82. The van der Waals surface area contributed by atoms with E-state index in [1.165, 1.54) is 18.3 Å². The Hall–Kier alpha value is -1.61. The second-order valence-corrected chi connectivity index (χ2v) is 3.22. The van der Waals surface area contributed by atoms with Crippen LogP contribution in [0.5, 0.6) is 5.75 Å². The molecule has 0 aliphatic carbocycles. The molecule has 0 spiro atoms. The van der Waals surface area contributed by atoms with Gasteiger partial charge in [0.2, 0.25) is 0 Å². The fourth-order valence-corrected chi connectivity index (χ4v) is 1.49. The predicted octanol–water partition coefficient (Wildman–Crippen LogP) is 2.41. The summed E-state index contributed by atoms with van der Waals surface area (Å²) in [5, 5.41) is 10.1. The lowest BCUT2D eigenvalue weighted by molar-refractivity contribution is 0.112. The first-order chi connectivity index (χ1) is 6.72. The molecule has 1 aromatic carbocycles. The normalized spacial score (nSPS) is 10.4. The van der Waals surface area contributed by atoms with Crippen LogP contribution in [0.1, 0.15) is 10.4 Å². The smallest absolute Gasteiger partial charge is 0.153 e. The van der Waals surface area contributed by atoms with Gasteiger partial charge in [0.1, 0.15) is 5.75 Å². The number of pyridine rings is 1. The van der Waals surface area contributed by atoms with Crippen LogP contribution in [-0.4, -0.2) is 16.4 Å². The standard InChI is InChI=1S/C10H6ClNO2/c11-10-6(5-13)4-12-9-2-1-7(14)3-8(9)10/h1-5,14H. The number of aromatic nitrogens is 1. The second kappa shape index (κ2) is 3.27. The molecule has 0 atom stereocenters. The zero-order chi connectivity index (χ0) is 10.1. The van der Waals surface area contributed by atoms with Crippen molar-refractivity contribution in [2.24, 2.45) is 0 Å². The molecule has 0 unspecified atom stereocenters. The van der Waals surface area contributed by atoms with Crippen molar-refractivity contribution in [3.63, 3.8) is 0 Å². The predicted molar refractivity (Wildman–Crippen MR) is 53.8 cm³/mol. The molecule has 0 saturated heterocycles. The molecular weight excluding hydrogens is 202 g/mol. The van der Waals surface area contributed by atoms with Gasteiger partial charge in [-0.05, 0) is 18.2 Å². The molecule has 1 heterocycles. The summed E-state index contributed by atoms with van der Waals surface area (Å²) in [6.45, 7) is 0. The van der Waals surface area contributed by atoms with E-state index in [9.17, 15) is 9.90 Å². The molecular formula is C10H6ClNO2. The number of aldehydes is 1. The monoisotopic (exact) mass is 207 g/mol. The van der Waals surface area contributed by atoms with E-state index in [0.29, 0.717) is 27.8 Å². The number of aromatic hydroxyl groups is 1. The van der Waals surface area contributed by atoms with E-state index in [1.807, 2.05) is 0 Å². The van der Waals surface area contributed by atoms with Gasteiger partial charge in [-0.25, -0.2) is 0 Å². The number of fused-ring (bicyclic) bond motifs is 1. The zero-order valence-electron chi connectivity index (χ0n) is 7.07. The first kappa shape index (κ1) is 8.97. The Kier molecular flexibility index (Phi) is 2.09. The highest BCUT2D eigenvalue weighted by molar-refractivity contribution is 6.37. The van der Waals surface area contributed by atoms with E-state index in [4.69, 9.17) is 11.6 Å². The fourth-order valence-electron chi connectivity index (χ4n) is 1.25. The molecule has 1 aromatic heterocycles. The number of carbonyl (C=O) groups is 1. The van der Waals surface area contributed by atoms with Crippen molar-refractivity contribution in [2.75, 3.05) is 0 Å². The third-order valence-corrected chi connectivity index (χ3v) is 2.36. The van der Waals surface area contributed by atoms with E-state index in [1.54, 1.807) is 6.07 Å². The summed E-state index contributed by atoms with van der Waals surface area (Å²) >= 11 is 5.93. The van der Waals surface area contributed by atoms with Crippen LogP contribution in [0.3, 0.4) is 0 Å².